The molecule has 0 radical (unpaired) electrons. The average molecular weight is 438 g/mol. The number of carbonyl (C=O) groups is 1. The second-order valence-electron chi connectivity index (χ2n) is 8.67. The minimum absolute atomic E-state index is 0.111. The van der Waals surface area contributed by atoms with Gasteiger partial charge in [-0.15, -0.1) is 0 Å². The zero-order chi connectivity index (χ0) is 23.3. The number of nitrogens with zero attached hydrogens (tertiary/aromatic N) is 1. The maximum atomic E-state index is 12.1. The number of carbonyl (C=O) groups excluding carboxylic acids is 1. The highest BCUT2D eigenvalue weighted by Gasteiger charge is 2.14. The molecular formula is C26H35N3O3. The first-order valence-corrected chi connectivity index (χ1v) is 11.3. The summed E-state index contributed by atoms with van der Waals surface area (Å²) in [6.07, 6.45) is 3.36. The van der Waals surface area contributed by atoms with Crippen LogP contribution in [-0.2, 0) is 13.0 Å². The molecule has 0 spiro atoms. The molecule has 0 aliphatic rings. The molecule has 0 bridgehead atoms. The van der Waals surface area contributed by atoms with Gasteiger partial charge in [0.1, 0.15) is 12.4 Å². The highest BCUT2D eigenvalue weighted by Crippen LogP contribution is 2.25. The van der Waals surface area contributed by atoms with E-state index in [9.17, 15) is 4.79 Å². The number of ether oxygens (including phenoxy) is 1. The summed E-state index contributed by atoms with van der Waals surface area (Å²) in [6.45, 7) is 10.5. The fourth-order valence-corrected chi connectivity index (χ4v) is 4.42. The van der Waals surface area contributed by atoms with Crippen molar-refractivity contribution in [1.82, 2.24) is 9.88 Å². The summed E-state index contributed by atoms with van der Waals surface area (Å²) >= 11 is 0. The van der Waals surface area contributed by atoms with Crippen LogP contribution >= 0.6 is 0 Å². The van der Waals surface area contributed by atoms with Gasteiger partial charge in [0.25, 0.3) is 5.91 Å². The molecular weight excluding hydrogens is 402 g/mol. The molecule has 6 nitrogen and oxygen atoms in total. The van der Waals surface area contributed by atoms with E-state index in [2.05, 4.69) is 51.2 Å². The lowest BCUT2D eigenvalue weighted by Gasteiger charge is -2.17. The summed E-state index contributed by atoms with van der Waals surface area (Å²) in [5.41, 5.74) is 11.7. The molecule has 2 aromatic carbocycles. The molecule has 1 aromatic heterocycles. The quantitative estimate of drug-likeness (QED) is 0.400. The Labute approximate surface area is 190 Å². The molecule has 0 saturated carbocycles. The van der Waals surface area contributed by atoms with Crippen LogP contribution in [0.25, 0.3) is 10.9 Å². The summed E-state index contributed by atoms with van der Waals surface area (Å²) in [5, 5.41) is 13.6. The number of aliphatic hydroxyl groups excluding tert-OH is 1. The second kappa shape index (κ2) is 10.7. The van der Waals surface area contributed by atoms with Crippen molar-refractivity contribution in [1.29, 1.82) is 0 Å². The number of hydrogen-bond acceptors (Lipinski definition) is 4. The molecule has 32 heavy (non-hydrogen) atoms. The van der Waals surface area contributed by atoms with Crippen LogP contribution in [0.4, 0.5) is 0 Å². The van der Waals surface area contributed by atoms with Gasteiger partial charge in [-0.05, 0) is 75.4 Å². The van der Waals surface area contributed by atoms with Crippen LogP contribution in [0, 0.1) is 20.8 Å². The topological polar surface area (TPSA) is 89.5 Å². The van der Waals surface area contributed by atoms with Crippen LogP contribution in [0.1, 0.15) is 46.0 Å². The number of nitrogens with one attached hydrogen (secondary N) is 1. The fraction of sp³-hybridized carbons (Fsp3) is 0.423. The smallest absolute Gasteiger partial charge is 0.250 e. The zero-order valence-electron chi connectivity index (χ0n) is 19.6. The lowest BCUT2D eigenvalue weighted by molar-refractivity contribution is 0.100. The monoisotopic (exact) mass is 437 g/mol. The van der Waals surface area contributed by atoms with Gasteiger partial charge in [0.15, 0.2) is 0 Å². The number of aromatic nitrogens is 1. The van der Waals surface area contributed by atoms with Crippen molar-refractivity contribution in [2.24, 2.45) is 5.73 Å². The third-order valence-electron chi connectivity index (χ3n) is 5.73. The fourth-order valence-electron chi connectivity index (χ4n) is 4.42. The molecule has 0 aliphatic carbocycles. The van der Waals surface area contributed by atoms with Crippen LogP contribution in [0.2, 0.25) is 0 Å². The molecule has 3 rings (SSSR count). The predicted molar refractivity (Wildman–Crippen MR) is 129 cm³/mol. The predicted octanol–water partition coefficient (Wildman–Crippen LogP) is 3.65. The van der Waals surface area contributed by atoms with Crippen molar-refractivity contribution in [3.05, 3.63) is 64.3 Å². The Balaban J connectivity index is 1.62. The number of fused-ring (bicyclic) bond motifs is 1. The maximum absolute atomic E-state index is 12.1. The van der Waals surface area contributed by atoms with E-state index in [1.165, 1.54) is 5.56 Å². The molecule has 1 atom stereocenters. The summed E-state index contributed by atoms with van der Waals surface area (Å²) in [4.78, 5) is 12.1. The maximum Gasteiger partial charge on any atom is 0.250 e. The van der Waals surface area contributed by atoms with Gasteiger partial charge < -0.3 is 25.5 Å². The molecule has 1 unspecified atom stereocenters. The van der Waals surface area contributed by atoms with E-state index in [0.29, 0.717) is 25.1 Å². The van der Waals surface area contributed by atoms with Crippen LogP contribution < -0.4 is 15.8 Å². The summed E-state index contributed by atoms with van der Waals surface area (Å²) in [7, 11) is 0. The number of hydrogen-bond donors (Lipinski definition) is 3. The van der Waals surface area contributed by atoms with Gasteiger partial charge in [0.05, 0.1) is 11.1 Å². The standard InChI is InChI=1S/C26H35N3O3/c1-17-12-18(2)25(19(3)13-17)32-11-7-28-20(4)14-21-15-22-6-9-29(8-5-10-30)24(22)23(16-21)26(27)31/h6,9,12-13,15-16,20,28,30H,5,7-8,10-11,14H2,1-4H3,(H2,27,31). The summed E-state index contributed by atoms with van der Waals surface area (Å²) < 4.78 is 8.01. The minimum Gasteiger partial charge on any atom is -0.492 e. The van der Waals surface area contributed by atoms with Gasteiger partial charge in [0.2, 0.25) is 0 Å². The van der Waals surface area contributed by atoms with Gasteiger partial charge in [0, 0.05) is 37.3 Å². The van der Waals surface area contributed by atoms with Crippen LogP contribution in [0.3, 0.4) is 0 Å². The van der Waals surface area contributed by atoms with Gasteiger partial charge in [-0.1, -0.05) is 17.7 Å². The Kier molecular flexibility index (Phi) is 7.94. The van der Waals surface area contributed by atoms with E-state index in [0.717, 1.165) is 46.3 Å². The van der Waals surface area contributed by atoms with Gasteiger partial charge in [-0.25, -0.2) is 0 Å². The molecule has 0 fully saturated rings. The highest BCUT2D eigenvalue weighted by molar-refractivity contribution is 6.05. The van der Waals surface area contributed by atoms with Crippen molar-refractivity contribution in [2.75, 3.05) is 19.8 Å². The van der Waals surface area contributed by atoms with Gasteiger partial charge >= 0.3 is 0 Å². The van der Waals surface area contributed by atoms with Crippen molar-refractivity contribution in [3.63, 3.8) is 0 Å². The van der Waals surface area contributed by atoms with Crippen LogP contribution in [0.15, 0.2) is 36.5 Å². The molecule has 6 heteroatoms. The van der Waals surface area contributed by atoms with Gasteiger partial charge in [-0.2, -0.15) is 0 Å². The lowest BCUT2D eigenvalue weighted by Crippen LogP contribution is -2.32. The normalized spacial score (nSPS) is 12.3. The third kappa shape index (κ3) is 5.69. The van der Waals surface area contributed by atoms with E-state index < -0.39 is 5.91 Å². The largest absolute Gasteiger partial charge is 0.492 e. The average Bonchev–Trinajstić information content (AvgIpc) is 3.13. The minimum atomic E-state index is -0.432. The Morgan fingerprint density at radius 1 is 1.19 bits per heavy atom. The number of aryl methyl sites for hydroxylation is 4. The SMILES string of the molecule is Cc1cc(C)c(OCCNC(C)Cc2cc(C(N)=O)c3c(ccn3CCCO)c2)c(C)c1. The number of amides is 1. The van der Waals surface area contributed by atoms with Crippen molar-refractivity contribution in [2.45, 2.75) is 53.1 Å². The van der Waals surface area contributed by atoms with Gasteiger partial charge in [-0.3, -0.25) is 4.79 Å². The number of primary amides is 1. The molecule has 1 amide bonds. The molecule has 0 saturated heterocycles. The Bertz CT molecular complexity index is 1060. The lowest BCUT2D eigenvalue weighted by atomic mass is 10.0. The Morgan fingerprint density at radius 3 is 2.56 bits per heavy atom. The van der Waals surface area contributed by atoms with E-state index in [4.69, 9.17) is 15.6 Å². The van der Waals surface area contributed by atoms with E-state index in [1.54, 1.807) is 0 Å². The molecule has 3 aromatic rings. The highest BCUT2D eigenvalue weighted by atomic mass is 16.5. The van der Waals surface area contributed by atoms with Crippen molar-refractivity contribution < 1.29 is 14.6 Å². The Morgan fingerprint density at radius 2 is 1.91 bits per heavy atom. The molecule has 172 valence electrons. The Hall–Kier alpha value is -2.83. The number of benzene rings is 2. The molecule has 0 aliphatic heterocycles. The third-order valence-corrected chi connectivity index (χ3v) is 5.73. The number of nitrogens with two attached hydrogens (primary N) is 1. The first-order valence-electron chi connectivity index (χ1n) is 11.3. The van der Waals surface area contributed by atoms with Crippen LogP contribution in [0.5, 0.6) is 5.75 Å². The first kappa shape index (κ1) is 23.8. The van der Waals surface area contributed by atoms with Crippen molar-refractivity contribution >= 4 is 16.8 Å². The van der Waals surface area contributed by atoms with Crippen molar-refractivity contribution in [3.8, 4) is 5.75 Å². The summed E-state index contributed by atoms with van der Waals surface area (Å²) in [5.74, 6) is 0.533. The van der Waals surface area contributed by atoms with Crippen LogP contribution in [-0.4, -0.2) is 41.4 Å². The van der Waals surface area contributed by atoms with E-state index in [1.807, 2.05) is 22.9 Å². The zero-order valence-corrected chi connectivity index (χ0v) is 19.6. The number of aliphatic hydroxyl groups is 1. The molecule has 1 heterocycles. The first-order chi connectivity index (χ1) is 15.3. The van der Waals surface area contributed by atoms with E-state index >= 15 is 0 Å². The molecule has 4 N–H and O–H groups in total. The number of rotatable bonds is 11. The van der Waals surface area contributed by atoms with E-state index in [-0.39, 0.29) is 12.6 Å². The summed E-state index contributed by atoms with van der Waals surface area (Å²) in [6, 6.07) is 10.5. The second-order valence-corrected chi connectivity index (χ2v) is 8.67.